The Bertz CT molecular complexity index is 511. The van der Waals surface area contributed by atoms with Crippen LogP contribution < -0.4 is 0 Å². The Labute approximate surface area is 108 Å². The summed E-state index contributed by atoms with van der Waals surface area (Å²) in [5, 5.41) is 47.1. The molecular weight excluding hydrogens is 252 g/mol. The number of H-pyrrole nitrogens is 1. The first kappa shape index (κ1) is 13.9. The van der Waals surface area contributed by atoms with Crippen LogP contribution in [0.5, 0.6) is 0 Å². The number of aromatic nitrogens is 2. The first-order chi connectivity index (χ1) is 9.04. The Kier molecular flexibility index (Phi) is 4.13. The van der Waals surface area contributed by atoms with Gasteiger partial charge in [0.2, 0.25) is 0 Å². The molecule has 0 radical (unpaired) electrons. The zero-order valence-electron chi connectivity index (χ0n) is 10.0. The van der Waals surface area contributed by atoms with Crippen molar-refractivity contribution in [3.8, 4) is 0 Å². The van der Waals surface area contributed by atoms with Crippen molar-refractivity contribution in [2.45, 2.75) is 24.4 Å². The third-order valence-corrected chi connectivity index (χ3v) is 2.94. The van der Waals surface area contributed by atoms with Crippen LogP contribution in [0.15, 0.2) is 24.3 Å². The Morgan fingerprint density at radius 3 is 2.37 bits per heavy atom. The molecule has 6 N–H and O–H groups in total. The van der Waals surface area contributed by atoms with Crippen molar-refractivity contribution in [2.24, 2.45) is 0 Å². The summed E-state index contributed by atoms with van der Waals surface area (Å²) in [6, 6.07) is 7.05. The van der Waals surface area contributed by atoms with Crippen molar-refractivity contribution in [3.63, 3.8) is 0 Å². The highest BCUT2D eigenvalue weighted by molar-refractivity contribution is 5.74. The molecule has 0 fully saturated rings. The van der Waals surface area contributed by atoms with E-state index < -0.39 is 31.0 Å². The van der Waals surface area contributed by atoms with Gasteiger partial charge in [0.25, 0.3) is 0 Å². The molecule has 0 saturated carbocycles. The summed E-state index contributed by atoms with van der Waals surface area (Å²) in [5.74, 6) is 0.0814. The molecule has 2 rings (SSSR count). The number of imidazole rings is 1. The third-order valence-electron chi connectivity index (χ3n) is 2.94. The summed E-state index contributed by atoms with van der Waals surface area (Å²) in [4.78, 5) is 6.89. The van der Waals surface area contributed by atoms with E-state index in [1.165, 1.54) is 0 Å². The molecule has 0 saturated heterocycles. The highest BCUT2D eigenvalue weighted by Gasteiger charge is 2.32. The van der Waals surface area contributed by atoms with Gasteiger partial charge in [-0.2, -0.15) is 0 Å². The molecule has 1 heterocycles. The third kappa shape index (κ3) is 2.75. The molecular formula is C12H16N2O5. The van der Waals surface area contributed by atoms with E-state index in [9.17, 15) is 20.4 Å². The van der Waals surface area contributed by atoms with Crippen molar-refractivity contribution in [3.05, 3.63) is 30.1 Å². The number of aliphatic hydroxyl groups is 5. The molecule has 104 valence electrons. The van der Waals surface area contributed by atoms with Gasteiger partial charge in [0.1, 0.15) is 30.2 Å². The largest absolute Gasteiger partial charge is 0.394 e. The summed E-state index contributed by atoms with van der Waals surface area (Å²) in [6.45, 7) is -0.717. The maximum Gasteiger partial charge on any atom is 0.140 e. The van der Waals surface area contributed by atoms with Crippen LogP contribution in [0.4, 0.5) is 0 Å². The molecule has 0 unspecified atom stereocenters. The van der Waals surface area contributed by atoms with E-state index in [-0.39, 0.29) is 5.82 Å². The van der Waals surface area contributed by atoms with Gasteiger partial charge in [-0.05, 0) is 12.1 Å². The van der Waals surface area contributed by atoms with Gasteiger partial charge in [-0.25, -0.2) is 4.98 Å². The second-order valence-electron chi connectivity index (χ2n) is 4.32. The minimum atomic E-state index is -1.67. The molecule has 1 aromatic heterocycles. The highest BCUT2D eigenvalue weighted by Crippen LogP contribution is 2.21. The number of aromatic amines is 1. The number of fused-ring (bicyclic) bond motifs is 1. The topological polar surface area (TPSA) is 130 Å². The van der Waals surface area contributed by atoms with Crippen molar-refractivity contribution < 1.29 is 25.5 Å². The number of rotatable bonds is 5. The smallest absolute Gasteiger partial charge is 0.140 e. The first-order valence-corrected chi connectivity index (χ1v) is 5.82. The van der Waals surface area contributed by atoms with Gasteiger partial charge >= 0.3 is 0 Å². The van der Waals surface area contributed by atoms with E-state index in [0.717, 1.165) is 0 Å². The average Bonchev–Trinajstić information content (AvgIpc) is 2.87. The zero-order valence-corrected chi connectivity index (χ0v) is 10.0. The molecule has 19 heavy (non-hydrogen) atoms. The number of benzene rings is 1. The van der Waals surface area contributed by atoms with Crippen LogP contribution in [-0.2, 0) is 0 Å². The summed E-state index contributed by atoms with van der Waals surface area (Å²) in [5.41, 5.74) is 1.29. The predicted molar refractivity (Wildman–Crippen MR) is 66.2 cm³/mol. The summed E-state index contributed by atoms with van der Waals surface area (Å²) >= 11 is 0. The summed E-state index contributed by atoms with van der Waals surface area (Å²) in [7, 11) is 0. The van der Waals surface area contributed by atoms with Crippen molar-refractivity contribution in [1.82, 2.24) is 9.97 Å². The molecule has 0 aliphatic carbocycles. The van der Waals surface area contributed by atoms with Gasteiger partial charge in [-0.15, -0.1) is 0 Å². The molecule has 0 bridgehead atoms. The fourth-order valence-corrected chi connectivity index (χ4v) is 1.80. The first-order valence-electron chi connectivity index (χ1n) is 5.82. The SMILES string of the molecule is OC[C@H](O)[C@@H](O)[C@H](O)[C@H](O)c1nc2ccccc2[nH]1. The molecule has 4 atom stereocenters. The lowest BCUT2D eigenvalue weighted by Crippen LogP contribution is -2.42. The maximum atomic E-state index is 9.91. The lowest BCUT2D eigenvalue weighted by atomic mass is 10.0. The number of hydrogen-bond donors (Lipinski definition) is 6. The second-order valence-corrected chi connectivity index (χ2v) is 4.32. The number of nitrogens with one attached hydrogen (secondary N) is 1. The lowest BCUT2D eigenvalue weighted by molar-refractivity contribution is -0.117. The molecule has 0 spiro atoms. The average molecular weight is 268 g/mol. The van der Waals surface area contributed by atoms with Crippen LogP contribution in [0.2, 0.25) is 0 Å². The normalized spacial score (nSPS) is 18.2. The maximum absolute atomic E-state index is 9.91. The molecule has 2 aromatic rings. The summed E-state index contributed by atoms with van der Waals surface area (Å²) < 4.78 is 0. The van der Waals surface area contributed by atoms with E-state index >= 15 is 0 Å². The number of aliphatic hydroxyl groups excluding tert-OH is 5. The van der Waals surface area contributed by atoms with E-state index in [2.05, 4.69) is 9.97 Å². The van der Waals surface area contributed by atoms with Crippen molar-refractivity contribution in [2.75, 3.05) is 6.61 Å². The van der Waals surface area contributed by atoms with Gasteiger partial charge in [0.05, 0.1) is 17.6 Å². The van der Waals surface area contributed by atoms with E-state index in [1.807, 2.05) is 0 Å². The van der Waals surface area contributed by atoms with Gasteiger partial charge in [-0.3, -0.25) is 0 Å². The summed E-state index contributed by atoms with van der Waals surface area (Å²) in [6.07, 6.45) is -6.37. The van der Waals surface area contributed by atoms with Crippen molar-refractivity contribution in [1.29, 1.82) is 0 Å². The molecule has 7 heteroatoms. The van der Waals surface area contributed by atoms with Crippen LogP contribution in [0.1, 0.15) is 11.9 Å². The van der Waals surface area contributed by atoms with Gasteiger partial charge in [-0.1, -0.05) is 12.1 Å². The van der Waals surface area contributed by atoms with Crippen LogP contribution in [0.25, 0.3) is 11.0 Å². The fourth-order valence-electron chi connectivity index (χ4n) is 1.80. The number of nitrogens with zero attached hydrogens (tertiary/aromatic N) is 1. The van der Waals surface area contributed by atoms with Gasteiger partial charge in [0.15, 0.2) is 0 Å². The second kappa shape index (κ2) is 5.64. The lowest BCUT2D eigenvalue weighted by Gasteiger charge is -2.24. The van der Waals surface area contributed by atoms with Gasteiger partial charge in [0, 0.05) is 0 Å². The fraction of sp³-hybridized carbons (Fsp3) is 0.417. The van der Waals surface area contributed by atoms with Crippen LogP contribution in [-0.4, -0.2) is 60.4 Å². The molecule has 0 aliphatic heterocycles. The number of hydrogen-bond acceptors (Lipinski definition) is 6. The van der Waals surface area contributed by atoms with Crippen molar-refractivity contribution >= 4 is 11.0 Å². The van der Waals surface area contributed by atoms with E-state index in [0.29, 0.717) is 11.0 Å². The highest BCUT2D eigenvalue weighted by atomic mass is 16.4. The molecule has 7 nitrogen and oxygen atoms in total. The minimum Gasteiger partial charge on any atom is -0.394 e. The Morgan fingerprint density at radius 2 is 1.74 bits per heavy atom. The molecule has 0 amide bonds. The Morgan fingerprint density at radius 1 is 1.05 bits per heavy atom. The monoisotopic (exact) mass is 268 g/mol. The number of para-hydroxylation sites is 2. The molecule has 1 aromatic carbocycles. The quantitative estimate of drug-likeness (QED) is 0.398. The van der Waals surface area contributed by atoms with Crippen LogP contribution in [0, 0.1) is 0 Å². The Balaban J connectivity index is 2.20. The predicted octanol–water partition coefficient (Wildman–Crippen LogP) is -1.33. The van der Waals surface area contributed by atoms with Crippen LogP contribution >= 0.6 is 0 Å². The zero-order chi connectivity index (χ0) is 14.0. The van der Waals surface area contributed by atoms with E-state index in [4.69, 9.17) is 5.11 Å². The Hall–Kier alpha value is -1.51. The molecule has 0 aliphatic rings. The van der Waals surface area contributed by atoms with E-state index in [1.54, 1.807) is 24.3 Å². The van der Waals surface area contributed by atoms with Gasteiger partial charge < -0.3 is 30.5 Å². The van der Waals surface area contributed by atoms with Crippen LogP contribution in [0.3, 0.4) is 0 Å². The minimum absolute atomic E-state index is 0.0814. The standard InChI is InChI=1S/C12H16N2O5/c15-5-8(16)9(17)10(18)11(19)12-13-6-3-1-2-4-7(6)14-12/h1-4,8-11,15-19H,5H2,(H,13,14)/t8-,9+,10-,11-/m0/s1.